The molecule has 4 rings (SSSR count). The van der Waals surface area contributed by atoms with E-state index in [0.717, 1.165) is 65.6 Å². The standard InChI is InChI=1S/C25H28N4O2/c1-17-5-4-6-18(2)24(17)28-25(30)20-11-13-29(14-12-20)23-15-22(26-16-27-23)19-7-9-21(31-3)10-8-19/h4-10,15-16,20H,11-14H2,1-3H3,(H,28,30). The molecule has 1 aromatic heterocycles. The summed E-state index contributed by atoms with van der Waals surface area (Å²) in [5, 5.41) is 3.15. The number of carbonyl (C=O) groups excluding carboxylic acids is 1. The average Bonchev–Trinajstić information content (AvgIpc) is 2.82. The van der Waals surface area contributed by atoms with Gasteiger partial charge in [0.1, 0.15) is 17.9 Å². The Labute approximate surface area is 183 Å². The molecule has 6 heteroatoms. The van der Waals surface area contributed by atoms with Gasteiger partial charge in [-0.3, -0.25) is 4.79 Å². The highest BCUT2D eigenvalue weighted by Gasteiger charge is 2.26. The third-order valence-corrected chi connectivity index (χ3v) is 5.96. The molecule has 2 heterocycles. The summed E-state index contributed by atoms with van der Waals surface area (Å²) in [5.41, 5.74) is 5.03. The molecule has 0 atom stereocenters. The molecule has 6 nitrogen and oxygen atoms in total. The number of rotatable bonds is 5. The molecule has 0 saturated carbocycles. The van der Waals surface area contributed by atoms with E-state index in [1.54, 1.807) is 13.4 Å². The lowest BCUT2D eigenvalue weighted by molar-refractivity contribution is -0.120. The number of methoxy groups -OCH3 is 1. The van der Waals surface area contributed by atoms with Crippen LogP contribution in [-0.2, 0) is 4.79 Å². The van der Waals surface area contributed by atoms with Crippen molar-refractivity contribution in [1.29, 1.82) is 0 Å². The maximum Gasteiger partial charge on any atom is 0.227 e. The highest BCUT2D eigenvalue weighted by Crippen LogP contribution is 2.27. The van der Waals surface area contributed by atoms with Crippen LogP contribution in [-0.4, -0.2) is 36.1 Å². The van der Waals surface area contributed by atoms with Crippen LogP contribution < -0.4 is 15.0 Å². The van der Waals surface area contributed by atoms with Gasteiger partial charge in [0.25, 0.3) is 0 Å². The Kier molecular flexibility index (Phi) is 6.16. The minimum Gasteiger partial charge on any atom is -0.497 e. The predicted molar refractivity (Wildman–Crippen MR) is 124 cm³/mol. The van der Waals surface area contributed by atoms with Gasteiger partial charge in [-0.15, -0.1) is 0 Å². The molecule has 1 amide bonds. The first-order valence-corrected chi connectivity index (χ1v) is 10.6. The number of amides is 1. The van der Waals surface area contributed by atoms with Crippen molar-refractivity contribution in [3.8, 4) is 17.0 Å². The van der Waals surface area contributed by atoms with E-state index in [1.165, 1.54) is 0 Å². The van der Waals surface area contributed by atoms with E-state index in [9.17, 15) is 4.79 Å². The fourth-order valence-corrected chi connectivity index (χ4v) is 4.05. The number of nitrogens with zero attached hydrogens (tertiary/aromatic N) is 3. The van der Waals surface area contributed by atoms with Crippen LogP contribution in [0.2, 0.25) is 0 Å². The monoisotopic (exact) mass is 416 g/mol. The number of aromatic nitrogens is 2. The van der Waals surface area contributed by atoms with Crippen molar-refractivity contribution in [3.63, 3.8) is 0 Å². The summed E-state index contributed by atoms with van der Waals surface area (Å²) in [5.74, 6) is 1.84. The molecule has 0 bridgehead atoms. The first kappa shape index (κ1) is 20.8. The van der Waals surface area contributed by atoms with Gasteiger partial charge in [0.15, 0.2) is 0 Å². The van der Waals surface area contributed by atoms with Crippen LogP contribution in [0.3, 0.4) is 0 Å². The van der Waals surface area contributed by atoms with Crippen molar-refractivity contribution in [2.75, 3.05) is 30.4 Å². The van der Waals surface area contributed by atoms with E-state index in [4.69, 9.17) is 4.74 Å². The SMILES string of the molecule is COc1ccc(-c2cc(N3CCC(C(=O)Nc4c(C)cccc4C)CC3)ncn2)cc1. The number of nitrogens with one attached hydrogen (secondary N) is 1. The Morgan fingerprint density at radius 1 is 1.03 bits per heavy atom. The number of ether oxygens (including phenoxy) is 1. The van der Waals surface area contributed by atoms with Gasteiger partial charge in [0.2, 0.25) is 5.91 Å². The lowest BCUT2D eigenvalue weighted by Crippen LogP contribution is -2.38. The van der Waals surface area contributed by atoms with Crippen LogP contribution in [0, 0.1) is 19.8 Å². The van der Waals surface area contributed by atoms with E-state index in [0.29, 0.717) is 0 Å². The molecule has 2 aromatic carbocycles. The summed E-state index contributed by atoms with van der Waals surface area (Å²) in [7, 11) is 1.66. The van der Waals surface area contributed by atoms with Crippen molar-refractivity contribution in [2.45, 2.75) is 26.7 Å². The first-order valence-electron chi connectivity index (χ1n) is 10.6. The second-order valence-corrected chi connectivity index (χ2v) is 8.01. The summed E-state index contributed by atoms with van der Waals surface area (Å²) in [6, 6.07) is 15.9. The van der Waals surface area contributed by atoms with Crippen LogP contribution in [0.4, 0.5) is 11.5 Å². The Bertz CT molecular complexity index is 1040. The van der Waals surface area contributed by atoms with E-state index in [2.05, 4.69) is 20.2 Å². The minimum atomic E-state index is 0.0122. The third kappa shape index (κ3) is 4.68. The number of aryl methyl sites for hydroxylation is 2. The maximum absolute atomic E-state index is 12.8. The number of hydrogen-bond acceptors (Lipinski definition) is 5. The molecular weight excluding hydrogens is 388 g/mol. The Morgan fingerprint density at radius 3 is 2.35 bits per heavy atom. The van der Waals surface area contributed by atoms with Crippen LogP contribution in [0.15, 0.2) is 54.9 Å². The summed E-state index contributed by atoms with van der Waals surface area (Å²) in [4.78, 5) is 24.0. The first-order chi connectivity index (χ1) is 15.0. The molecule has 1 saturated heterocycles. The van der Waals surface area contributed by atoms with Gasteiger partial charge < -0.3 is 15.0 Å². The van der Waals surface area contributed by atoms with E-state index in [-0.39, 0.29) is 11.8 Å². The zero-order valence-corrected chi connectivity index (χ0v) is 18.3. The van der Waals surface area contributed by atoms with E-state index in [1.807, 2.05) is 62.4 Å². The Hall–Kier alpha value is -3.41. The molecule has 0 spiro atoms. The van der Waals surface area contributed by atoms with Gasteiger partial charge >= 0.3 is 0 Å². The van der Waals surface area contributed by atoms with Crippen LogP contribution in [0.25, 0.3) is 11.3 Å². The van der Waals surface area contributed by atoms with Gasteiger partial charge in [0.05, 0.1) is 12.8 Å². The summed E-state index contributed by atoms with van der Waals surface area (Å²) >= 11 is 0. The highest BCUT2D eigenvalue weighted by atomic mass is 16.5. The zero-order chi connectivity index (χ0) is 21.8. The van der Waals surface area contributed by atoms with Crippen molar-refractivity contribution < 1.29 is 9.53 Å². The number of anilines is 2. The number of piperidine rings is 1. The Morgan fingerprint density at radius 2 is 1.71 bits per heavy atom. The van der Waals surface area contributed by atoms with Gasteiger partial charge in [-0.2, -0.15) is 0 Å². The van der Waals surface area contributed by atoms with E-state index < -0.39 is 0 Å². The summed E-state index contributed by atoms with van der Waals surface area (Å²) in [6.45, 7) is 5.65. The summed E-state index contributed by atoms with van der Waals surface area (Å²) < 4.78 is 5.23. The van der Waals surface area contributed by atoms with Crippen molar-refractivity contribution >= 4 is 17.4 Å². The van der Waals surface area contributed by atoms with Gasteiger partial charge in [-0.25, -0.2) is 9.97 Å². The molecule has 160 valence electrons. The van der Waals surface area contributed by atoms with E-state index >= 15 is 0 Å². The normalized spacial score (nSPS) is 14.4. The number of para-hydroxylation sites is 1. The molecule has 0 unspecified atom stereocenters. The number of benzene rings is 2. The summed E-state index contributed by atoms with van der Waals surface area (Å²) in [6.07, 6.45) is 3.21. The molecule has 1 N–H and O–H groups in total. The molecule has 3 aromatic rings. The lowest BCUT2D eigenvalue weighted by Gasteiger charge is -2.32. The lowest BCUT2D eigenvalue weighted by atomic mass is 9.95. The quantitative estimate of drug-likeness (QED) is 0.657. The number of carbonyl (C=O) groups is 1. The Balaban J connectivity index is 1.40. The molecule has 1 aliphatic heterocycles. The molecule has 1 fully saturated rings. The fraction of sp³-hybridized carbons (Fsp3) is 0.320. The highest BCUT2D eigenvalue weighted by molar-refractivity contribution is 5.94. The minimum absolute atomic E-state index is 0.0122. The molecule has 1 aliphatic rings. The van der Waals surface area contributed by atoms with Crippen molar-refractivity contribution in [2.24, 2.45) is 5.92 Å². The van der Waals surface area contributed by atoms with Crippen molar-refractivity contribution in [3.05, 3.63) is 66.0 Å². The molecule has 0 aliphatic carbocycles. The smallest absolute Gasteiger partial charge is 0.227 e. The second kappa shape index (κ2) is 9.16. The van der Waals surface area contributed by atoms with Crippen LogP contribution >= 0.6 is 0 Å². The average molecular weight is 417 g/mol. The largest absolute Gasteiger partial charge is 0.497 e. The van der Waals surface area contributed by atoms with Gasteiger partial charge in [-0.05, 0) is 62.1 Å². The zero-order valence-electron chi connectivity index (χ0n) is 18.3. The topological polar surface area (TPSA) is 67.3 Å². The van der Waals surface area contributed by atoms with Gasteiger partial charge in [0, 0.05) is 36.3 Å². The van der Waals surface area contributed by atoms with Crippen molar-refractivity contribution in [1.82, 2.24) is 9.97 Å². The third-order valence-electron chi connectivity index (χ3n) is 5.96. The second-order valence-electron chi connectivity index (χ2n) is 8.01. The number of hydrogen-bond donors (Lipinski definition) is 1. The predicted octanol–water partition coefficient (Wildman–Crippen LogP) is 4.62. The molecular formula is C25H28N4O2. The fourth-order valence-electron chi connectivity index (χ4n) is 4.05. The maximum atomic E-state index is 12.8. The molecule has 31 heavy (non-hydrogen) atoms. The molecule has 0 radical (unpaired) electrons. The van der Waals surface area contributed by atoms with Crippen LogP contribution in [0.5, 0.6) is 5.75 Å². The van der Waals surface area contributed by atoms with Crippen LogP contribution in [0.1, 0.15) is 24.0 Å². The van der Waals surface area contributed by atoms with Gasteiger partial charge in [-0.1, -0.05) is 18.2 Å².